The molecule has 1 unspecified atom stereocenters. The molecule has 0 radical (unpaired) electrons. The quantitative estimate of drug-likeness (QED) is 0.833. The summed E-state index contributed by atoms with van der Waals surface area (Å²) < 4.78 is 10.5. The standard InChI is InChI=1S/C14H19NO5S/c1-19-7-11(9-2-4-20-5-3-9)15-13(16)10-6-12(14(17)18)21-8-10/h6,8-9,11H,2-5,7H2,1H3,(H,15,16)(H,17,18). The molecule has 0 saturated carbocycles. The molecule has 1 saturated heterocycles. The first kappa shape index (κ1) is 15.9. The van der Waals surface area contributed by atoms with E-state index in [9.17, 15) is 9.59 Å². The Morgan fingerprint density at radius 2 is 2.24 bits per heavy atom. The third-order valence-electron chi connectivity index (χ3n) is 3.57. The van der Waals surface area contributed by atoms with Crippen LogP contribution in [0.5, 0.6) is 0 Å². The third kappa shape index (κ3) is 4.26. The van der Waals surface area contributed by atoms with E-state index in [0.717, 1.165) is 24.2 Å². The normalized spacial score (nSPS) is 17.4. The molecule has 1 atom stereocenters. The number of aromatic carboxylic acids is 1. The van der Waals surface area contributed by atoms with E-state index in [1.54, 1.807) is 12.5 Å². The van der Waals surface area contributed by atoms with Crippen molar-refractivity contribution in [3.63, 3.8) is 0 Å². The Morgan fingerprint density at radius 3 is 2.81 bits per heavy atom. The lowest BCUT2D eigenvalue weighted by atomic mass is 9.92. The summed E-state index contributed by atoms with van der Waals surface area (Å²) in [7, 11) is 1.60. The van der Waals surface area contributed by atoms with Crippen LogP contribution in [0.1, 0.15) is 32.9 Å². The van der Waals surface area contributed by atoms with Crippen molar-refractivity contribution >= 4 is 23.2 Å². The van der Waals surface area contributed by atoms with Crippen LogP contribution in [-0.4, -0.2) is 50.0 Å². The Kier molecular flexibility index (Phi) is 5.72. The predicted molar refractivity (Wildman–Crippen MR) is 78.0 cm³/mol. The van der Waals surface area contributed by atoms with Crippen molar-refractivity contribution in [1.29, 1.82) is 0 Å². The van der Waals surface area contributed by atoms with Gasteiger partial charge < -0.3 is 19.9 Å². The molecule has 6 nitrogen and oxygen atoms in total. The van der Waals surface area contributed by atoms with Crippen molar-refractivity contribution in [3.05, 3.63) is 21.9 Å². The number of methoxy groups -OCH3 is 1. The maximum atomic E-state index is 12.2. The molecular weight excluding hydrogens is 294 g/mol. The first-order valence-corrected chi connectivity index (χ1v) is 7.69. The Morgan fingerprint density at radius 1 is 1.52 bits per heavy atom. The summed E-state index contributed by atoms with van der Waals surface area (Å²) in [4.78, 5) is 23.2. The second-order valence-electron chi connectivity index (χ2n) is 4.99. The summed E-state index contributed by atoms with van der Waals surface area (Å²) in [5.74, 6) is -0.954. The molecule has 1 aromatic heterocycles. The van der Waals surface area contributed by atoms with E-state index in [0.29, 0.717) is 31.3 Å². The molecular formula is C14H19NO5S. The van der Waals surface area contributed by atoms with Gasteiger partial charge in [0.05, 0.1) is 18.2 Å². The largest absolute Gasteiger partial charge is 0.477 e. The molecule has 1 fully saturated rings. The van der Waals surface area contributed by atoms with Gasteiger partial charge in [-0.3, -0.25) is 4.79 Å². The molecule has 2 N–H and O–H groups in total. The van der Waals surface area contributed by atoms with Crippen LogP contribution in [-0.2, 0) is 9.47 Å². The van der Waals surface area contributed by atoms with Gasteiger partial charge >= 0.3 is 5.97 Å². The molecule has 1 aliphatic rings. The lowest BCUT2D eigenvalue weighted by Gasteiger charge is -2.30. The minimum atomic E-state index is -1.02. The van der Waals surface area contributed by atoms with E-state index in [2.05, 4.69) is 5.32 Å². The summed E-state index contributed by atoms with van der Waals surface area (Å²) in [5.41, 5.74) is 0.380. The molecule has 1 amide bonds. The summed E-state index contributed by atoms with van der Waals surface area (Å²) in [6.45, 7) is 1.83. The lowest BCUT2D eigenvalue weighted by Crippen LogP contribution is -2.45. The average molecular weight is 313 g/mol. The van der Waals surface area contributed by atoms with Crippen molar-refractivity contribution in [3.8, 4) is 0 Å². The summed E-state index contributed by atoms with van der Waals surface area (Å²) in [6.07, 6.45) is 1.77. The van der Waals surface area contributed by atoms with Gasteiger partial charge in [0.25, 0.3) is 5.91 Å². The number of nitrogens with one attached hydrogen (secondary N) is 1. The number of hydrogen-bond acceptors (Lipinski definition) is 5. The summed E-state index contributed by atoms with van der Waals surface area (Å²) in [6, 6.07) is 1.32. The number of carboxylic acids is 1. The van der Waals surface area contributed by atoms with Crippen LogP contribution < -0.4 is 5.32 Å². The van der Waals surface area contributed by atoms with Gasteiger partial charge in [-0.05, 0) is 24.8 Å². The van der Waals surface area contributed by atoms with Crippen molar-refractivity contribution in [2.75, 3.05) is 26.9 Å². The zero-order chi connectivity index (χ0) is 15.2. The fraction of sp³-hybridized carbons (Fsp3) is 0.571. The number of carbonyl (C=O) groups is 2. The fourth-order valence-corrected chi connectivity index (χ4v) is 3.14. The zero-order valence-corrected chi connectivity index (χ0v) is 12.6. The maximum Gasteiger partial charge on any atom is 0.345 e. The van der Waals surface area contributed by atoms with Crippen LogP contribution >= 0.6 is 11.3 Å². The first-order valence-electron chi connectivity index (χ1n) is 6.81. The summed E-state index contributed by atoms with van der Waals surface area (Å²) >= 11 is 1.05. The van der Waals surface area contributed by atoms with E-state index in [-0.39, 0.29) is 16.8 Å². The maximum absolute atomic E-state index is 12.2. The highest BCUT2D eigenvalue weighted by molar-refractivity contribution is 7.12. The van der Waals surface area contributed by atoms with Gasteiger partial charge in [0.1, 0.15) is 4.88 Å². The van der Waals surface area contributed by atoms with Crippen LogP contribution in [0.2, 0.25) is 0 Å². The third-order valence-corrected chi connectivity index (χ3v) is 4.49. The Labute approximate surface area is 127 Å². The van der Waals surface area contributed by atoms with E-state index in [1.165, 1.54) is 6.07 Å². The molecule has 2 heterocycles. The van der Waals surface area contributed by atoms with Gasteiger partial charge in [0.15, 0.2) is 0 Å². The minimum Gasteiger partial charge on any atom is -0.477 e. The van der Waals surface area contributed by atoms with Crippen LogP contribution in [0.15, 0.2) is 11.4 Å². The number of hydrogen-bond donors (Lipinski definition) is 2. The van der Waals surface area contributed by atoms with Gasteiger partial charge in [-0.1, -0.05) is 0 Å². The van der Waals surface area contributed by atoms with Crippen LogP contribution in [0.4, 0.5) is 0 Å². The van der Waals surface area contributed by atoms with Gasteiger partial charge in [0, 0.05) is 25.7 Å². The van der Waals surface area contributed by atoms with E-state index >= 15 is 0 Å². The van der Waals surface area contributed by atoms with Crippen molar-refractivity contribution < 1.29 is 24.2 Å². The van der Waals surface area contributed by atoms with Crippen LogP contribution in [0.3, 0.4) is 0 Å². The molecule has 21 heavy (non-hydrogen) atoms. The second kappa shape index (κ2) is 7.53. The molecule has 0 bridgehead atoms. The highest BCUT2D eigenvalue weighted by Gasteiger charge is 2.26. The molecule has 116 valence electrons. The van der Waals surface area contributed by atoms with Crippen LogP contribution in [0.25, 0.3) is 0 Å². The van der Waals surface area contributed by atoms with Gasteiger partial charge in [-0.2, -0.15) is 0 Å². The smallest absolute Gasteiger partial charge is 0.345 e. The van der Waals surface area contributed by atoms with Crippen LogP contribution in [0, 0.1) is 5.92 Å². The summed E-state index contributed by atoms with van der Waals surface area (Å²) in [5, 5.41) is 13.4. The molecule has 1 aromatic rings. The van der Waals surface area contributed by atoms with Crippen molar-refractivity contribution in [2.24, 2.45) is 5.92 Å². The molecule has 2 rings (SSSR count). The number of carboxylic acid groups (broad SMARTS) is 1. The molecule has 0 aromatic carbocycles. The zero-order valence-electron chi connectivity index (χ0n) is 11.8. The highest BCUT2D eigenvalue weighted by Crippen LogP contribution is 2.20. The number of amides is 1. The topological polar surface area (TPSA) is 84.9 Å². The molecule has 1 aliphatic heterocycles. The SMILES string of the molecule is COCC(NC(=O)c1csc(C(=O)O)c1)C1CCOCC1. The highest BCUT2D eigenvalue weighted by atomic mass is 32.1. The fourth-order valence-electron chi connectivity index (χ4n) is 2.41. The molecule has 0 spiro atoms. The van der Waals surface area contributed by atoms with E-state index in [1.807, 2.05) is 0 Å². The number of ether oxygens (including phenoxy) is 2. The number of carbonyl (C=O) groups excluding carboxylic acids is 1. The number of thiophene rings is 1. The molecule has 7 heteroatoms. The Balaban J connectivity index is 2.00. The predicted octanol–water partition coefficient (Wildman–Crippen LogP) is 1.62. The first-order chi connectivity index (χ1) is 10.1. The Bertz CT molecular complexity index is 495. The van der Waals surface area contributed by atoms with Gasteiger partial charge in [-0.25, -0.2) is 4.79 Å². The Hall–Kier alpha value is -1.44. The van der Waals surface area contributed by atoms with Crippen molar-refractivity contribution in [1.82, 2.24) is 5.32 Å². The molecule has 0 aliphatic carbocycles. The second-order valence-corrected chi connectivity index (χ2v) is 5.90. The average Bonchev–Trinajstić information content (AvgIpc) is 2.98. The van der Waals surface area contributed by atoms with E-state index in [4.69, 9.17) is 14.6 Å². The minimum absolute atomic E-state index is 0.0837. The van der Waals surface area contributed by atoms with Gasteiger partial charge in [-0.15, -0.1) is 11.3 Å². The van der Waals surface area contributed by atoms with E-state index < -0.39 is 5.97 Å². The lowest BCUT2D eigenvalue weighted by molar-refractivity contribution is 0.0361. The van der Waals surface area contributed by atoms with Crippen molar-refractivity contribution in [2.45, 2.75) is 18.9 Å². The van der Waals surface area contributed by atoms with Gasteiger partial charge in [0.2, 0.25) is 0 Å². The number of rotatable bonds is 6. The monoisotopic (exact) mass is 313 g/mol.